The van der Waals surface area contributed by atoms with E-state index in [9.17, 15) is 14.9 Å². The summed E-state index contributed by atoms with van der Waals surface area (Å²) in [5, 5.41) is 19.5. The number of non-ortho nitro benzene ring substituents is 1. The van der Waals surface area contributed by atoms with Gasteiger partial charge in [-0.3, -0.25) is 14.9 Å². The van der Waals surface area contributed by atoms with Crippen molar-refractivity contribution in [3.63, 3.8) is 0 Å². The van der Waals surface area contributed by atoms with Crippen LogP contribution < -0.4 is 0 Å². The molecule has 0 heterocycles. The number of hydrogen-bond donors (Lipinski definition) is 0. The predicted octanol–water partition coefficient (Wildman–Crippen LogP) is 1.72. The van der Waals surface area contributed by atoms with E-state index in [1.165, 1.54) is 12.1 Å². The summed E-state index contributed by atoms with van der Waals surface area (Å²) >= 11 is 0. The van der Waals surface area contributed by atoms with Crippen molar-refractivity contribution in [2.24, 2.45) is 0 Å². The van der Waals surface area contributed by atoms with Crippen molar-refractivity contribution in [1.29, 1.82) is 5.26 Å². The van der Waals surface area contributed by atoms with E-state index in [0.29, 0.717) is 5.56 Å². The van der Waals surface area contributed by atoms with E-state index in [-0.39, 0.29) is 24.3 Å². The van der Waals surface area contributed by atoms with Crippen molar-refractivity contribution in [2.75, 3.05) is 0 Å². The van der Waals surface area contributed by atoms with Crippen molar-refractivity contribution in [2.45, 2.75) is 18.3 Å². The molecule has 0 atom stereocenters. The van der Waals surface area contributed by atoms with Gasteiger partial charge in [0, 0.05) is 25.0 Å². The minimum absolute atomic E-state index is 0.0116. The van der Waals surface area contributed by atoms with Crippen molar-refractivity contribution in [3.8, 4) is 6.07 Å². The fourth-order valence-electron chi connectivity index (χ4n) is 1.87. The Morgan fingerprint density at radius 2 is 1.88 bits per heavy atom. The number of nitro benzene ring substituents is 1. The second kappa shape index (κ2) is 3.42. The lowest BCUT2D eigenvalue weighted by Gasteiger charge is -2.33. The molecule has 1 aliphatic rings. The fourth-order valence-corrected chi connectivity index (χ4v) is 1.87. The van der Waals surface area contributed by atoms with Crippen LogP contribution in [0.25, 0.3) is 0 Å². The lowest BCUT2D eigenvalue weighted by Crippen LogP contribution is -2.40. The molecule has 16 heavy (non-hydrogen) atoms. The summed E-state index contributed by atoms with van der Waals surface area (Å²) in [4.78, 5) is 20.9. The molecule has 0 radical (unpaired) electrons. The Balaban J connectivity index is 2.32. The predicted molar refractivity (Wildman–Crippen MR) is 54.6 cm³/mol. The maximum Gasteiger partial charge on any atom is 0.269 e. The van der Waals surface area contributed by atoms with Gasteiger partial charge in [0.25, 0.3) is 5.69 Å². The first-order chi connectivity index (χ1) is 7.57. The van der Waals surface area contributed by atoms with Crippen molar-refractivity contribution in [1.82, 2.24) is 0 Å². The first kappa shape index (κ1) is 10.3. The summed E-state index contributed by atoms with van der Waals surface area (Å²) in [5.74, 6) is 0.0555. The number of rotatable bonds is 2. The van der Waals surface area contributed by atoms with Crippen molar-refractivity contribution >= 4 is 11.5 Å². The highest BCUT2D eigenvalue weighted by atomic mass is 16.6. The van der Waals surface area contributed by atoms with E-state index < -0.39 is 10.3 Å². The van der Waals surface area contributed by atoms with E-state index in [1.54, 1.807) is 12.1 Å². The fraction of sp³-hybridized carbons (Fsp3) is 0.273. The van der Waals surface area contributed by atoms with Gasteiger partial charge in [0.05, 0.1) is 16.4 Å². The minimum Gasteiger partial charge on any atom is -0.300 e. The summed E-state index contributed by atoms with van der Waals surface area (Å²) in [6.45, 7) is 0. The molecule has 1 aromatic carbocycles. The van der Waals surface area contributed by atoms with Crippen LogP contribution in [0, 0.1) is 21.4 Å². The van der Waals surface area contributed by atoms with Crippen molar-refractivity contribution < 1.29 is 9.72 Å². The number of Topliss-reactive ketones (excluding diaryl/α,β-unsaturated/α-hetero) is 1. The van der Waals surface area contributed by atoms with Gasteiger partial charge in [-0.15, -0.1) is 0 Å². The van der Waals surface area contributed by atoms with Crippen LogP contribution >= 0.6 is 0 Å². The zero-order valence-corrected chi connectivity index (χ0v) is 8.34. The van der Waals surface area contributed by atoms with Gasteiger partial charge >= 0.3 is 0 Å². The third kappa shape index (κ3) is 1.44. The Morgan fingerprint density at radius 1 is 1.31 bits per heavy atom. The Bertz CT molecular complexity index is 491. The molecule has 1 saturated carbocycles. The third-order valence-corrected chi connectivity index (χ3v) is 2.84. The highest BCUT2D eigenvalue weighted by Crippen LogP contribution is 2.40. The Morgan fingerprint density at radius 3 is 2.25 bits per heavy atom. The summed E-state index contributed by atoms with van der Waals surface area (Å²) in [6, 6.07) is 7.94. The maximum absolute atomic E-state index is 11.0. The quantitative estimate of drug-likeness (QED) is 0.556. The van der Waals surface area contributed by atoms with E-state index in [1.807, 2.05) is 0 Å². The Labute approximate surface area is 91.5 Å². The normalized spacial score (nSPS) is 17.3. The lowest BCUT2D eigenvalue weighted by molar-refractivity contribution is -0.384. The van der Waals surface area contributed by atoms with Gasteiger partial charge in [-0.05, 0) is 5.56 Å². The average Bonchev–Trinajstić information content (AvgIpc) is 2.24. The van der Waals surface area contributed by atoms with Gasteiger partial charge in [0.2, 0.25) is 0 Å². The number of carbonyl (C=O) groups excluding carboxylic acids is 1. The third-order valence-electron chi connectivity index (χ3n) is 2.84. The molecule has 0 saturated heterocycles. The monoisotopic (exact) mass is 216 g/mol. The van der Waals surface area contributed by atoms with Gasteiger partial charge in [-0.1, -0.05) is 12.1 Å². The lowest BCUT2D eigenvalue weighted by atomic mass is 9.65. The van der Waals surface area contributed by atoms with Gasteiger partial charge in [0.15, 0.2) is 0 Å². The van der Waals surface area contributed by atoms with Gasteiger partial charge in [-0.25, -0.2) is 0 Å². The number of nitriles is 1. The molecule has 0 aromatic heterocycles. The van der Waals surface area contributed by atoms with Crippen LogP contribution in [-0.2, 0) is 10.2 Å². The number of benzene rings is 1. The summed E-state index contributed by atoms with van der Waals surface area (Å²) in [5.41, 5.74) is -0.0886. The number of hydrogen-bond acceptors (Lipinski definition) is 4. The number of ketones is 1. The van der Waals surface area contributed by atoms with Gasteiger partial charge in [0.1, 0.15) is 5.78 Å². The van der Waals surface area contributed by atoms with Crippen LogP contribution in [-0.4, -0.2) is 10.7 Å². The molecule has 1 fully saturated rings. The molecule has 0 aliphatic heterocycles. The largest absolute Gasteiger partial charge is 0.300 e. The van der Waals surface area contributed by atoms with Gasteiger partial charge in [-0.2, -0.15) is 5.26 Å². The summed E-state index contributed by atoms with van der Waals surface area (Å²) < 4.78 is 0. The molecule has 0 unspecified atom stereocenters. The van der Waals surface area contributed by atoms with E-state index in [0.717, 1.165) is 0 Å². The van der Waals surface area contributed by atoms with E-state index in [4.69, 9.17) is 5.26 Å². The molecule has 0 spiro atoms. The second-order valence-electron chi connectivity index (χ2n) is 3.89. The molecule has 5 nitrogen and oxygen atoms in total. The molecular weight excluding hydrogens is 208 g/mol. The standard InChI is InChI=1S/C11H8N2O3/c12-7-11(5-10(14)6-11)8-1-3-9(4-2-8)13(15)16/h1-4H,5-6H2. The number of nitrogens with zero attached hydrogens (tertiary/aromatic N) is 2. The van der Waals surface area contributed by atoms with Crippen LogP contribution in [0.15, 0.2) is 24.3 Å². The number of nitro groups is 1. The van der Waals surface area contributed by atoms with Crippen LogP contribution in [0.4, 0.5) is 5.69 Å². The minimum atomic E-state index is -0.758. The van der Waals surface area contributed by atoms with Crippen LogP contribution in [0.5, 0.6) is 0 Å². The van der Waals surface area contributed by atoms with Crippen molar-refractivity contribution in [3.05, 3.63) is 39.9 Å². The maximum atomic E-state index is 11.0. The summed E-state index contributed by atoms with van der Waals surface area (Å²) in [7, 11) is 0. The van der Waals surface area contributed by atoms with Crippen LogP contribution in [0.1, 0.15) is 18.4 Å². The summed E-state index contributed by atoms with van der Waals surface area (Å²) in [6.07, 6.45) is 0.419. The van der Waals surface area contributed by atoms with Gasteiger partial charge < -0.3 is 0 Å². The first-order valence-electron chi connectivity index (χ1n) is 4.75. The Hall–Kier alpha value is -2.22. The molecule has 80 valence electrons. The topological polar surface area (TPSA) is 84.0 Å². The highest BCUT2D eigenvalue weighted by molar-refractivity contribution is 5.90. The molecule has 1 aliphatic carbocycles. The van der Waals surface area contributed by atoms with Crippen LogP contribution in [0.3, 0.4) is 0 Å². The molecule has 2 rings (SSSR count). The SMILES string of the molecule is N#CC1(c2ccc([N+](=O)[O-])cc2)CC(=O)C1. The smallest absolute Gasteiger partial charge is 0.269 e. The first-order valence-corrected chi connectivity index (χ1v) is 4.75. The molecule has 0 N–H and O–H groups in total. The molecule has 5 heteroatoms. The molecular formula is C11H8N2O3. The average molecular weight is 216 g/mol. The molecule has 0 amide bonds. The molecule has 1 aromatic rings. The zero-order valence-electron chi connectivity index (χ0n) is 8.34. The van der Waals surface area contributed by atoms with E-state index >= 15 is 0 Å². The zero-order chi connectivity index (χ0) is 11.8. The highest BCUT2D eigenvalue weighted by Gasteiger charge is 2.45. The van der Waals surface area contributed by atoms with Crippen LogP contribution in [0.2, 0.25) is 0 Å². The van der Waals surface area contributed by atoms with E-state index in [2.05, 4.69) is 6.07 Å². The second-order valence-corrected chi connectivity index (χ2v) is 3.89. The number of carbonyl (C=O) groups is 1. The Kier molecular flexibility index (Phi) is 2.20. The molecule has 0 bridgehead atoms.